The number of ether oxygens (including phenoxy) is 1. The SMILES string of the molecule is CCNc1ncnc(N(CCO)CCO)c1OC. The van der Waals surface area contributed by atoms with Crippen molar-refractivity contribution in [3.63, 3.8) is 0 Å². The van der Waals surface area contributed by atoms with E-state index >= 15 is 0 Å². The van der Waals surface area contributed by atoms with E-state index in [1.54, 1.807) is 12.0 Å². The molecule has 1 heterocycles. The molecule has 102 valence electrons. The fourth-order valence-corrected chi connectivity index (χ4v) is 1.64. The van der Waals surface area contributed by atoms with E-state index in [9.17, 15) is 0 Å². The molecule has 0 aliphatic heterocycles. The van der Waals surface area contributed by atoms with Crippen LogP contribution in [0.1, 0.15) is 6.92 Å². The maximum Gasteiger partial charge on any atom is 0.204 e. The van der Waals surface area contributed by atoms with Gasteiger partial charge in [0.05, 0.1) is 20.3 Å². The van der Waals surface area contributed by atoms with Gasteiger partial charge in [-0.05, 0) is 6.92 Å². The van der Waals surface area contributed by atoms with Crippen LogP contribution in [0.3, 0.4) is 0 Å². The monoisotopic (exact) mass is 256 g/mol. The highest BCUT2D eigenvalue weighted by molar-refractivity contribution is 5.64. The standard InChI is InChI=1S/C11H20N4O3/c1-3-12-10-9(18-2)11(14-8-13-10)15(4-6-16)5-7-17/h8,16-17H,3-7H2,1-2H3,(H,12,13,14). The van der Waals surface area contributed by atoms with Gasteiger partial charge in [0.25, 0.3) is 0 Å². The fraction of sp³-hybridized carbons (Fsp3) is 0.636. The first-order valence-electron chi connectivity index (χ1n) is 5.88. The average Bonchev–Trinajstić information content (AvgIpc) is 2.38. The van der Waals surface area contributed by atoms with Crippen molar-refractivity contribution in [3.05, 3.63) is 6.33 Å². The Labute approximate surface area is 106 Å². The number of aromatic nitrogens is 2. The third-order valence-corrected chi connectivity index (χ3v) is 2.37. The summed E-state index contributed by atoms with van der Waals surface area (Å²) in [6, 6.07) is 0. The molecule has 18 heavy (non-hydrogen) atoms. The Hall–Kier alpha value is -1.60. The molecule has 0 atom stereocenters. The van der Waals surface area contributed by atoms with Gasteiger partial charge in [-0.25, -0.2) is 9.97 Å². The molecule has 0 aliphatic carbocycles. The van der Waals surface area contributed by atoms with Crippen LogP contribution in [0.2, 0.25) is 0 Å². The van der Waals surface area contributed by atoms with Crippen molar-refractivity contribution >= 4 is 11.6 Å². The van der Waals surface area contributed by atoms with Crippen molar-refractivity contribution in [2.24, 2.45) is 0 Å². The summed E-state index contributed by atoms with van der Waals surface area (Å²) >= 11 is 0. The number of aliphatic hydroxyl groups is 2. The highest BCUT2D eigenvalue weighted by atomic mass is 16.5. The van der Waals surface area contributed by atoms with Crippen LogP contribution < -0.4 is 15.0 Å². The van der Waals surface area contributed by atoms with E-state index in [-0.39, 0.29) is 13.2 Å². The quantitative estimate of drug-likeness (QED) is 0.588. The van der Waals surface area contributed by atoms with Crippen molar-refractivity contribution in [2.75, 3.05) is 50.2 Å². The second-order valence-electron chi connectivity index (χ2n) is 3.54. The van der Waals surface area contributed by atoms with Gasteiger partial charge in [-0.15, -0.1) is 0 Å². The molecule has 0 spiro atoms. The van der Waals surface area contributed by atoms with Crippen LogP contribution in [0.5, 0.6) is 5.75 Å². The first-order chi connectivity index (χ1) is 8.78. The fourth-order valence-electron chi connectivity index (χ4n) is 1.64. The maximum absolute atomic E-state index is 9.04. The zero-order valence-corrected chi connectivity index (χ0v) is 10.8. The number of rotatable bonds is 8. The molecule has 0 amide bonds. The lowest BCUT2D eigenvalue weighted by Gasteiger charge is -2.24. The molecule has 0 bridgehead atoms. The van der Waals surface area contributed by atoms with Gasteiger partial charge in [0.2, 0.25) is 5.75 Å². The van der Waals surface area contributed by atoms with Gasteiger partial charge < -0.3 is 25.2 Å². The highest BCUT2D eigenvalue weighted by Crippen LogP contribution is 2.31. The van der Waals surface area contributed by atoms with Gasteiger partial charge in [-0.2, -0.15) is 0 Å². The Morgan fingerprint density at radius 1 is 1.28 bits per heavy atom. The van der Waals surface area contributed by atoms with Crippen LogP contribution >= 0.6 is 0 Å². The molecule has 0 fully saturated rings. The van der Waals surface area contributed by atoms with Crippen LogP contribution in [0.25, 0.3) is 0 Å². The molecule has 0 aromatic carbocycles. The predicted octanol–water partition coefficient (Wildman–Crippen LogP) is -0.292. The highest BCUT2D eigenvalue weighted by Gasteiger charge is 2.17. The molecule has 0 saturated heterocycles. The van der Waals surface area contributed by atoms with Crippen LogP contribution in [0, 0.1) is 0 Å². The maximum atomic E-state index is 9.04. The molecule has 3 N–H and O–H groups in total. The molecule has 1 aromatic rings. The molecule has 0 radical (unpaired) electrons. The minimum absolute atomic E-state index is 0.0241. The molecule has 1 rings (SSSR count). The third kappa shape index (κ3) is 3.44. The topological polar surface area (TPSA) is 90.7 Å². The summed E-state index contributed by atoms with van der Waals surface area (Å²) < 4.78 is 5.31. The molecule has 1 aromatic heterocycles. The summed E-state index contributed by atoms with van der Waals surface area (Å²) in [5.41, 5.74) is 0. The average molecular weight is 256 g/mol. The van der Waals surface area contributed by atoms with E-state index < -0.39 is 0 Å². The third-order valence-electron chi connectivity index (χ3n) is 2.37. The Kier molecular flexibility index (Phi) is 6.16. The van der Waals surface area contributed by atoms with Gasteiger partial charge in [-0.3, -0.25) is 0 Å². The van der Waals surface area contributed by atoms with Gasteiger partial charge in [-0.1, -0.05) is 0 Å². The minimum Gasteiger partial charge on any atom is -0.490 e. The zero-order valence-electron chi connectivity index (χ0n) is 10.8. The number of nitrogens with one attached hydrogen (secondary N) is 1. The summed E-state index contributed by atoms with van der Waals surface area (Å²) in [7, 11) is 1.54. The van der Waals surface area contributed by atoms with Crippen LogP contribution in [0.15, 0.2) is 6.33 Å². The van der Waals surface area contributed by atoms with Crippen LogP contribution in [-0.4, -0.2) is 60.1 Å². The number of hydrogen-bond donors (Lipinski definition) is 3. The number of nitrogens with zero attached hydrogens (tertiary/aromatic N) is 3. The summed E-state index contributed by atoms with van der Waals surface area (Å²) in [6.45, 7) is 3.37. The number of anilines is 2. The largest absolute Gasteiger partial charge is 0.490 e. The molecular weight excluding hydrogens is 236 g/mol. The number of hydrogen-bond acceptors (Lipinski definition) is 7. The lowest BCUT2D eigenvalue weighted by molar-refractivity contribution is 0.279. The van der Waals surface area contributed by atoms with Crippen molar-refractivity contribution < 1.29 is 14.9 Å². The molecule has 7 nitrogen and oxygen atoms in total. The van der Waals surface area contributed by atoms with E-state index in [0.29, 0.717) is 37.0 Å². The van der Waals surface area contributed by atoms with E-state index in [0.717, 1.165) is 0 Å². The van der Waals surface area contributed by atoms with Crippen LogP contribution in [-0.2, 0) is 0 Å². The molecule has 7 heteroatoms. The van der Waals surface area contributed by atoms with Crippen molar-refractivity contribution in [2.45, 2.75) is 6.92 Å². The van der Waals surface area contributed by atoms with Crippen molar-refractivity contribution in [1.29, 1.82) is 0 Å². The van der Waals surface area contributed by atoms with Gasteiger partial charge in [0.15, 0.2) is 11.6 Å². The normalized spacial score (nSPS) is 10.2. The molecule has 0 saturated carbocycles. The van der Waals surface area contributed by atoms with Gasteiger partial charge in [0.1, 0.15) is 6.33 Å². The molecular formula is C11H20N4O3. The Morgan fingerprint density at radius 3 is 2.44 bits per heavy atom. The van der Waals surface area contributed by atoms with Gasteiger partial charge >= 0.3 is 0 Å². The predicted molar refractivity (Wildman–Crippen MR) is 69.1 cm³/mol. The lowest BCUT2D eigenvalue weighted by atomic mass is 10.4. The van der Waals surface area contributed by atoms with Crippen molar-refractivity contribution in [1.82, 2.24) is 9.97 Å². The van der Waals surface area contributed by atoms with E-state index in [1.807, 2.05) is 6.92 Å². The number of aliphatic hydroxyl groups excluding tert-OH is 2. The minimum atomic E-state index is -0.0241. The van der Waals surface area contributed by atoms with E-state index in [1.165, 1.54) is 6.33 Å². The second kappa shape index (κ2) is 7.67. The smallest absolute Gasteiger partial charge is 0.204 e. The first kappa shape index (κ1) is 14.5. The summed E-state index contributed by atoms with van der Waals surface area (Å²) in [5.74, 6) is 1.68. The summed E-state index contributed by atoms with van der Waals surface area (Å²) in [4.78, 5) is 10.0. The zero-order chi connectivity index (χ0) is 13.4. The summed E-state index contributed by atoms with van der Waals surface area (Å²) in [6.07, 6.45) is 1.43. The van der Waals surface area contributed by atoms with Crippen molar-refractivity contribution in [3.8, 4) is 5.75 Å². The molecule has 0 unspecified atom stereocenters. The number of methoxy groups -OCH3 is 1. The van der Waals surface area contributed by atoms with E-state index in [4.69, 9.17) is 14.9 Å². The van der Waals surface area contributed by atoms with E-state index in [2.05, 4.69) is 15.3 Å². The van der Waals surface area contributed by atoms with Crippen LogP contribution in [0.4, 0.5) is 11.6 Å². The second-order valence-corrected chi connectivity index (χ2v) is 3.54. The van der Waals surface area contributed by atoms with Gasteiger partial charge in [0, 0.05) is 19.6 Å². The Morgan fingerprint density at radius 2 is 1.94 bits per heavy atom. The Balaban J connectivity index is 3.07. The first-order valence-corrected chi connectivity index (χ1v) is 5.88. The lowest BCUT2D eigenvalue weighted by Crippen LogP contribution is -2.31. The Bertz CT molecular complexity index is 356. The summed E-state index contributed by atoms with van der Waals surface area (Å²) in [5, 5.41) is 21.2. The molecule has 0 aliphatic rings.